The van der Waals surface area contributed by atoms with Crippen LogP contribution in [0.3, 0.4) is 0 Å². The van der Waals surface area contributed by atoms with Crippen LogP contribution in [-0.4, -0.2) is 53.4 Å². The molecule has 1 aromatic heterocycles. The molecule has 1 saturated heterocycles. The van der Waals surface area contributed by atoms with Gasteiger partial charge in [0.1, 0.15) is 17.4 Å². The Balaban J connectivity index is 1.43. The minimum absolute atomic E-state index is 0.0327. The van der Waals surface area contributed by atoms with Crippen LogP contribution in [0.5, 0.6) is 0 Å². The minimum Gasteiger partial charge on any atom is -0.464 e. The first kappa shape index (κ1) is 26.9. The van der Waals surface area contributed by atoms with Crippen LogP contribution in [0.15, 0.2) is 66.3 Å². The van der Waals surface area contributed by atoms with E-state index < -0.39 is 17.7 Å². The van der Waals surface area contributed by atoms with E-state index in [9.17, 15) is 9.59 Å². The summed E-state index contributed by atoms with van der Waals surface area (Å²) in [5.74, 6) is -0.567. The Morgan fingerprint density at radius 1 is 1.05 bits per heavy atom. The van der Waals surface area contributed by atoms with Crippen molar-refractivity contribution in [3.05, 3.63) is 83.2 Å². The number of carbonyl (C=O) groups is 2. The van der Waals surface area contributed by atoms with Crippen LogP contribution >= 0.6 is 0 Å². The predicted octanol–water partition coefficient (Wildman–Crippen LogP) is 6.06. The van der Waals surface area contributed by atoms with Gasteiger partial charge in [-0.25, -0.2) is 14.2 Å². The fourth-order valence-corrected chi connectivity index (χ4v) is 4.86. The molecule has 198 valence electrons. The van der Waals surface area contributed by atoms with Crippen molar-refractivity contribution in [1.82, 2.24) is 9.47 Å². The fraction of sp³-hybridized carbons (Fsp3) is 0.467. The quantitative estimate of drug-likeness (QED) is 0.426. The summed E-state index contributed by atoms with van der Waals surface area (Å²) in [6, 6.07) is 13.9. The Morgan fingerprint density at radius 2 is 1.78 bits per heavy atom. The number of hydrogen-bond acceptors (Lipinski definition) is 6. The number of methoxy groups -OCH3 is 1. The van der Waals surface area contributed by atoms with Gasteiger partial charge in [0.25, 0.3) is 0 Å². The molecule has 0 bridgehead atoms. The van der Waals surface area contributed by atoms with E-state index in [0.717, 1.165) is 38.8 Å². The topological polar surface area (TPSA) is 70.0 Å². The van der Waals surface area contributed by atoms with Gasteiger partial charge in [-0.2, -0.15) is 0 Å². The summed E-state index contributed by atoms with van der Waals surface area (Å²) in [4.78, 5) is 27.6. The lowest BCUT2D eigenvalue weighted by atomic mass is 9.94. The molecule has 1 aromatic carbocycles. The van der Waals surface area contributed by atoms with Crippen LogP contribution in [0.4, 0.5) is 4.79 Å². The van der Waals surface area contributed by atoms with E-state index in [0.29, 0.717) is 12.2 Å². The van der Waals surface area contributed by atoms with Crippen molar-refractivity contribution in [2.75, 3.05) is 20.2 Å². The first-order valence-electron chi connectivity index (χ1n) is 13.1. The zero-order chi connectivity index (χ0) is 26.4. The molecular weight excluding hydrogens is 468 g/mol. The highest BCUT2D eigenvalue weighted by atomic mass is 16.6. The number of allylic oxidation sites excluding steroid dienone is 3. The lowest BCUT2D eigenvalue weighted by Crippen LogP contribution is -2.38. The zero-order valence-electron chi connectivity index (χ0n) is 22.3. The van der Waals surface area contributed by atoms with Crippen molar-refractivity contribution in [2.45, 2.75) is 70.8 Å². The van der Waals surface area contributed by atoms with E-state index in [4.69, 9.17) is 14.2 Å². The summed E-state index contributed by atoms with van der Waals surface area (Å²) < 4.78 is 18.5. The van der Waals surface area contributed by atoms with E-state index >= 15 is 0 Å². The summed E-state index contributed by atoms with van der Waals surface area (Å²) in [6.45, 7) is 7.61. The van der Waals surface area contributed by atoms with Gasteiger partial charge in [0.2, 0.25) is 0 Å². The first-order valence-corrected chi connectivity index (χ1v) is 13.1. The summed E-state index contributed by atoms with van der Waals surface area (Å²) in [5.41, 5.74) is 2.71. The summed E-state index contributed by atoms with van der Waals surface area (Å²) in [7, 11) is 1.31. The van der Waals surface area contributed by atoms with Crippen LogP contribution in [0.25, 0.3) is 0 Å². The van der Waals surface area contributed by atoms with Gasteiger partial charge in [0.15, 0.2) is 0 Å². The lowest BCUT2D eigenvalue weighted by Gasteiger charge is -2.35. The number of carbonyl (C=O) groups excluding carboxylic acids is 2. The molecule has 0 radical (unpaired) electrons. The molecule has 1 atom stereocenters. The zero-order valence-corrected chi connectivity index (χ0v) is 22.3. The maximum Gasteiger partial charge on any atom is 0.419 e. The van der Waals surface area contributed by atoms with Crippen molar-refractivity contribution in [1.29, 1.82) is 0 Å². The van der Waals surface area contributed by atoms with E-state index in [1.807, 2.05) is 6.07 Å². The van der Waals surface area contributed by atoms with E-state index in [1.165, 1.54) is 22.8 Å². The number of piperidine rings is 1. The third-order valence-electron chi connectivity index (χ3n) is 6.67. The smallest absolute Gasteiger partial charge is 0.419 e. The van der Waals surface area contributed by atoms with Crippen molar-refractivity contribution in [3.8, 4) is 0 Å². The Morgan fingerprint density at radius 3 is 2.41 bits per heavy atom. The average molecular weight is 507 g/mol. The Kier molecular flexibility index (Phi) is 8.67. The van der Waals surface area contributed by atoms with Gasteiger partial charge < -0.3 is 14.2 Å². The number of ether oxygens (including phenoxy) is 3. The summed E-state index contributed by atoms with van der Waals surface area (Å²) >= 11 is 0. The minimum atomic E-state index is -0.680. The second-order valence-corrected chi connectivity index (χ2v) is 10.6. The molecule has 0 amide bonds. The van der Waals surface area contributed by atoms with E-state index in [-0.39, 0.29) is 17.9 Å². The van der Waals surface area contributed by atoms with Crippen molar-refractivity contribution in [2.24, 2.45) is 0 Å². The third kappa shape index (κ3) is 6.99. The molecule has 2 aliphatic rings. The Hall–Kier alpha value is -3.16. The van der Waals surface area contributed by atoms with Crippen molar-refractivity contribution >= 4 is 12.1 Å². The first-order chi connectivity index (χ1) is 17.7. The molecule has 2 aromatic rings. The van der Waals surface area contributed by atoms with Gasteiger partial charge in [0, 0.05) is 25.3 Å². The molecule has 7 heteroatoms. The SMILES string of the molecule is COC(=O)c1ccc(CN2CCC(OC(C3=CC=CCC3)c3ccccc3)CC2)n1C(=O)OC(C)(C)C. The van der Waals surface area contributed by atoms with Crippen LogP contribution in [0.2, 0.25) is 0 Å². The van der Waals surface area contributed by atoms with Gasteiger partial charge in [-0.15, -0.1) is 0 Å². The molecule has 0 saturated carbocycles. The van der Waals surface area contributed by atoms with Crippen molar-refractivity contribution < 1.29 is 23.8 Å². The monoisotopic (exact) mass is 506 g/mol. The third-order valence-corrected chi connectivity index (χ3v) is 6.67. The van der Waals surface area contributed by atoms with Gasteiger partial charge in [-0.1, -0.05) is 48.6 Å². The number of nitrogens with zero attached hydrogens (tertiary/aromatic N) is 2. The van der Waals surface area contributed by atoms with E-state index in [2.05, 4.69) is 47.4 Å². The average Bonchev–Trinajstić information content (AvgIpc) is 3.31. The molecule has 1 unspecified atom stereocenters. The maximum absolute atomic E-state index is 13.0. The molecule has 7 nitrogen and oxygen atoms in total. The largest absolute Gasteiger partial charge is 0.464 e. The van der Waals surface area contributed by atoms with Crippen LogP contribution in [0.1, 0.15) is 74.3 Å². The molecule has 1 fully saturated rings. The van der Waals surface area contributed by atoms with Crippen LogP contribution in [0, 0.1) is 0 Å². The standard InChI is InChI=1S/C30H38N2O5/c1-30(2,3)37-29(34)32-24(15-16-26(32)28(33)35-4)21-31-19-17-25(18-20-31)36-27(22-11-7-5-8-12-22)23-13-9-6-10-14-23/h5-9,11-13,15-16,25,27H,10,14,17-21H2,1-4H3. The Labute approximate surface area is 219 Å². The number of hydrogen-bond donors (Lipinski definition) is 0. The number of aromatic nitrogens is 1. The second kappa shape index (κ2) is 11.9. The summed E-state index contributed by atoms with van der Waals surface area (Å²) in [6.07, 6.45) is 9.90. The van der Waals surface area contributed by atoms with Crippen LogP contribution in [-0.2, 0) is 20.8 Å². The van der Waals surface area contributed by atoms with Gasteiger partial charge in [-0.05, 0) is 69.7 Å². The molecule has 0 spiro atoms. The van der Waals surface area contributed by atoms with Gasteiger partial charge >= 0.3 is 12.1 Å². The second-order valence-electron chi connectivity index (χ2n) is 10.6. The summed E-state index contributed by atoms with van der Waals surface area (Å²) in [5, 5.41) is 0. The Bertz CT molecular complexity index is 1130. The molecule has 1 aliphatic heterocycles. The van der Waals surface area contributed by atoms with Gasteiger partial charge in [0.05, 0.1) is 13.2 Å². The molecule has 2 heterocycles. The number of benzene rings is 1. The highest BCUT2D eigenvalue weighted by Gasteiger charge is 2.29. The number of likely N-dealkylation sites (tertiary alicyclic amines) is 1. The molecule has 0 N–H and O–H groups in total. The lowest BCUT2D eigenvalue weighted by molar-refractivity contribution is -0.0312. The molecule has 37 heavy (non-hydrogen) atoms. The molecular formula is C30H38N2O5. The van der Waals surface area contributed by atoms with Crippen molar-refractivity contribution in [3.63, 3.8) is 0 Å². The maximum atomic E-state index is 13.0. The van der Waals surface area contributed by atoms with E-state index in [1.54, 1.807) is 32.9 Å². The number of esters is 1. The van der Waals surface area contributed by atoms with Gasteiger partial charge in [-0.3, -0.25) is 4.90 Å². The number of rotatable bonds is 7. The predicted molar refractivity (Wildman–Crippen MR) is 142 cm³/mol. The molecule has 1 aliphatic carbocycles. The molecule has 4 rings (SSSR count). The highest BCUT2D eigenvalue weighted by molar-refractivity contribution is 5.92. The fourth-order valence-electron chi connectivity index (χ4n) is 4.86. The van der Waals surface area contributed by atoms with Crippen LogP contribution < -0.4 is 0 Å². The normalized spacial score (nSPS) is 17.8. The highest BCUT2D eigenvalue weighted by Crippen LogP contribution is 2.34.